The number of benzene rings is 1. The van der Waals surface area contributed by atoms with E-state index in [0.717, 1.165) is 17.1 Å². The Morgan fingerprint density at radius 3 is 2.63 bits per heavy atom. The molecule has 0 radical (unpaired) electrons. The number of hydrogen-bond acceptors (Lipinski definition) is 6. The summed E-state index contributed by atoms with van der Waals surface area (Å²) in [6, 6.07) is 10.6. The first kappa shape index (κ1) is 19.2. The summed E-state index contributed by atoms with van der Waals surface area (Å²) in [5.74, 6) is 0.473. The predicted molar refractivity (Wildman–Crippen MR) is 104 cm³/mol. The lowest BCUT2D eigenvalue weighted by Crippen LogP contribution is -2.36. The van der Waals surface area contributed by atoms with Crippen molar-refractivity contribution < 1.29 is 17.9 Å². The van der Waals surface area contributed by atoms with E-state index in [-0.39, 0.29) is 35.3 Å². The summed E-state index contributed by atoms with van der Waals surface area (Å²) in [5, 5.41) is 5.96. The molecule has 2 N–H and O–H groups in total. The van der Waals surface area contributed by atoms with Crippen molar-refractivity contribution in [2.24, 2.45) is 0 Å². The highest BCUT2D eigenvalue weighted by molar-refractivity contribution is 7.91. The minimum atomic E-state index is -3.03. The molecule has 2 aromatic rings. The average Bonchev–Trinajstić information content (AvgIpc) is 2.95. The van der Waals surface area contributed by atoms with Gasteiger partial charge >= 0.3 is 0 Å². The number of ether oxygens (including phenoxy) is 1. The molecule has 3 rings (SSSR count). The molecule has 8 heteroatoms. The Morgan fingerprint density at radius 1 is 1.22 bits per heavy atom. The molecule has 1 unspecified atom stereocenters. The van der Waals surface area contributed by atoms with Gasteiger partial charge in [-0.25, -0.2) is 13.4 Å². The number of pyridine rings is 1. The minimum Gasteiger partial charge on any atom is -0.489 e. The first-order valence-corrected chi connectivity index (χ1v) is 10.6. The van der Waals surface area contributed by atoms with Crippen LogP contribution in [0.1, 0.15) is 30.8 Å². The summed E-state index contributed by atoms with van der Waals surface area (Å²) in [4.78, 5) is 16.4. The highest BCUT2D eigenvalue weighted by Gasteiger charge is 2.29. The number of para-hydroxylation sites is 2. The van der Waals surface area contributed by atoms with E-state index in [0.29, 0.717) is 6.42 Å². The average molecular weight is 389 g/mol. The van der Waals surface area contributed by atoms with Crippen LogP contribution in [-0.2, 0) is 9.84 Å². The van der Waals surface area contributed by atoms with Gasteiger partial charge in [-0.1, -0.05) is 12.1 Å². The largest absolute Gasteiger partial charge is 0.489 e. The molecule has 1 aliphatic heterocycles. The van der Waals surface area contributed by atoms with Crippen LogP contribution >= 0.6 is 0 Å². The smallest absolute Gasteiger partial charge is 0.270 e. The van der Waals surface area contributed by atoms with Crippen molar-refractivity contribution in [3.63, 3.8) is 0 Å². The fourth-order valence-corrected chi connectivity index (χ4v) is 4.53. The van der Waals surface area contributed by atoms with Crippen molar-refractivity contribution in [1.82, 2.24) is 10.3 Å². The third kappa shape index (κ3) is 5.19. The number of rotatable bonds is 6. The highest BCUT2D eigenvalue weighted by atomic mass is 32.2. The minimum absolute atomic E-state index is 0.00891. The van der Waals surface area contributed by atoms with Crippen LogP contribution in [0.2, 0.25) is 0 Å². The van der Waals surface area contributed by atoms with Crippen LogP contribution in [0.15, 0.2) is 42.6 Å². The Kier molecular flexibility index (Phi) is 5.65. The molecule has 1 fully saturated rings. The molecule has 0 saturated carbocycles. The number of hydrogen-bond donors (Lipinski definition) is 2. The SMILES string of the molecule is CC(C)Oc1ccccc1Nc1ccc(C(=O)NC2CCS(=O)(=O)C2)nc1. The Balaban J connectivity index is 1.65. The van der Waals surface area contributed by atoms with Gasteiger partial charge in [0.1, 0.15) is 11.4 Å². The second kappa shape index (κ2) is 7.96. The van der Waals surface area contributed by atoms with Gasteiger partial charge in [0.25, 0.3) is 5.91 Å². The molecule has 1 aromatic heterocycles. The highest BCUT2D eigenvalue weighted by Crippen LogP contribution is 2.28. The Hall–Kier alpha value is -2.61. The molecular weight excluding hydrogens is 366 g/mol. The van der Waals surface area contributed by atoms with E-state index < -0.39 is 9.84 Å². The fraction of sp³-hybridized carbons (Fsp3) is 0.368. The number of amides is 1. The van der Waals surface area contributed by atoms with Crippen molar-refractivity contribution in [2.45, 2.75) is 32.4 Å². The molecule has 7 nitrogen and oxygen atoms in total. The predicted octanol–water partition coefficient (Wildman–Crippen LogP) is 2.53. The lowest BCUT2D eigenvalue weighted by Gasteiger charge is -2.15. The number of nitrogens with one attached hydrogen (secondary N) is 2. The molecule has 1 amide bonds. The van der Waals surface area contributed by atoms with Crippen LogP contribution in [-0.4, -0.2) is 43.0 Å². The number of carbonyl (C=O) groups excluding carboxylic acids is 1. The summed E-state index contributed by atoms with van der Waals surface area (Å²) in [5.41, 5.74) is 1.77. The lowest BCUT2D eigenvalue weighted by atomic mass is 10.2. The Morgan fingerprint density at radius 2 is 2.00 bits per heavy atom. The van der Waals surface area contributed by atoms with Gasteiger partial charge in [-0.15, -0.1) is 0 Å². The molecule has 1 aromatic carbocycles. The zero-order valence-corrected chi connectivity index (χ0v) is 16.1. The van der Waals surface area contributed by atoms with Gasteiger partial charge in [0, 0.05) is 6.04 Å². The number of carbonyl (C=O) groups is 1. The van der Waals surface area contributed by atoms with Crippen LogP contribution in [0.25, 0.3) is 0 Å². The van der Waals surface area contributed by atoms with Crippen LogP contribution in [0.4, 0.5) is 11.4 Å². The number of aromatic nitrogens is 1. The molecule has 0 aliphatic carbocycles. The zero-order valence-electron chi connectivity index (χ0n) is 15.3. The normalized spacial score (nSPS) is 18.3. The monoisotopic (exact) mass is 389 g/mol. The fourth-order valence-electron chi connectivity index (χ4n) is 2.85. The van der Waals surface area contributed by atoms with Crippen molar-refractivity contribution in [1.29, 1.82) is 0 Å². The third-order valence-electron chi connectivity index (χ3n) is 4.09. The summed E-state index contributed by atoms with van der Waals surface area (Å²) in [7, 11) is -3.03. The number of nitrogens with zero attached hydrogens (tertiary/aromatic N) is 1. The van der Waals surface area contributed by atoms with Crippen molar-refractivity contribution >= 4 is 27.1 Å². The van der Waals surface area contributed by atoms with E-state index in [2.05, 4.69) is 15.6 Å². The van der Waals surface area contributed by atoms with E-state index in [9.17, 15) is 13.2 Å². The lowest BCUT2D eigenvalue weighted by molar-refractivity contribution is 0.0936. The van der Waals surface area contributed by atoms with Gasteiger partial charge in [0.2, 0.25) is 0 Å². The van der Waals surface area contributed by atoms with Crippen LogP contribution in [0, 0.1) is 0 Å². The first-order chi connectivity index (χ1) is 12.8. The Bertz CT molecular complexity index is 911. The van der Waals surface area contributed by atoms with Crippen LogP contribution in [0.5, 0.6) is 5.75 Å². The molecule has 1 atom stereocenters. The molecule has 2 heterocycles. The second-order valence-corrected chi connectivity index (χ2v) is 9.02. The van der Waals surface area contributed by atoms with Crippen LogP contribution in [0.3, 0.4) is 0 Å². The van der Waals surface area contributed by atoms with E-state index >= 15 is 0 Å². The maximum atomic E-state index is 12.2. The van der Waals surface area contributed by atoms with Gasteiger partial charge in [-0.3, -0.25) is 4.79 Å². The summed E-state index contributed by atoms with van der Waals surface area (Å²) in [6.07, 6.45) is 2.06. The molecule has 27 heavy (non-hydrogen) atoms. The first-order valence-electron chi connectivity index (χ1n) is 8.82. The van der Waals surface area contributed by atoms with Gasteiger partial charge in [-0.2, -0.15) is 0 Å². The molecule has 144 valence electrons. The van der Waals surface area contributed by atoms with Crippen molar-refractivity contribution in [3.05, 3.63) is 48.3 Å². The summed E-state index contributed by atoms with van der Waals surface area (Å²) < 4.78 is 28.7. The molecular formula is C19H23N3O4S. The van der Waals surface area contributed by atoms with Gasteiger partial charge in [0.05, 0.1) is 35.2 Å². The van der Waals surface area contributed by atoms with Crippen molar-refractivity contribution in [3.8, 4) is 5.75 Å². The topological polar surface area (TPSA) is 97.4 Å². The van der Waals surface area contributed by atoms with Crippen molar-refractivity contribution in [2.75, 3.05) is 16.8 Å². The summed E-state index contributed by atoms with van der Waals surface area (Å²) >= 11 is 0. The molecule has 1 saturated heterocycles. The molecule has 1 aliphatic rings. The van der Waals surface area contributed by atoms with Gasteiger partial charge < -0.3 is 15.4 Å². The van der Waals surface area contributed by atoms with E-state index in [1.807, 2.05) is 38.1 Å². The number of sulfone groups is 1. The third-order valence-corrected chi connectivity index (χ3v) is 5.86. The van der Waals surface area contributed by atoms with Gasteiger partial charge in [-0.05, 0) is 44.5 Å². The van der Waals surface area contributed by atoms with E-state index in [4.69, 9.17) is 4.74 Å². The maximum Gasteiger partial charge on any atom is 0.270 e. The quantitative estimate of drug-likeness (QED) is 0.788. The number of anilines is 2. The molecule has 0 bridgehead atoms. The van der Waals surface area contributed by atoms with E-state index in [1.165, 1.54) is 0 Å². The maximum absolute atomic E-state index is 12.2. The second-order valence-electron chi connectivity index (χ2n) is 6.79. The Labute approximate surface area is 159 Å². The standard InChI is InChI=1S/C19H23N3O4S/c1-13(2)26-18-6-4-3-5-16(18)21-14-7-8-17(20-11-14)19(23)22-15-9-10-27(24,25)12-15/h3-8,11,13,15,21H,9-10,12H2,1-2H3,(H,22,23). The van der Waals surface area contributed by atoms with E-state index in [1.54, 1.807) is 18.3 Å². The van der Waals surface area contributed by atoms with Gasteiger partial charge in [0.15, 0.2) is 9.84 Å². The molecule has 0 spiro atoms. The summed E-state index contributed by atoms with van der Waals surface area (Å²) in [6.45, 7) is 3.92. The zero-order chi connectivity index (χ0) is 19.4. The van der Waals surface area contributed by atoms with Crippen LogP contribution < -0.4 is 15.4 Å².